The quantitative estimate of drug-likeness (QED) is 0.218. The second-order valence-corrected chi connectivity index (χ2v) is 11.0. The molecule has 0 fully saturated rings. The van der Waals surface area contributed by atoms with Crippen LogP contribution < -0.4 is 10.6 Å². The number of aryl methyl sites for hydroxylation is 1. The molecule has 36 heavy (non-hydrogen) atoms. The number of nitrogens with one attached hydrogen (secondary N) is 2. The largest absolute Gasteiger partial charge is 0.436 e. The first kappa shape index (κ1) is 24.7. The van der Waals surface area contributed by atoms with E-state index in [1.807, 2.05) is 31.2 Å². The van der Waals surface area contributed by atoms with Crippen LogP contribution in [-0.4, -0.2) is 16.0 Å². The summed E-state index contributed by atoms with van der Waals surface area (Å²) in [6.45, 7) is 6.24. The van der Waals surface area contributed by atoms with Gasteiger partial charge < -0.3 is 9.73 Å². The molecule has 0 unspecified atom stereocenters. The highest BCUT2D eigenvalue weighted by atomic mass is 35.5. The number of fused-ring (bicyclic) bond motifs is 2. The second-order valence-electron chi connectivity index (χ2n) is 8.72. The number of amides is 1. The number of carbonyl (C=O) groups is 1. The topological polar surface area (TPSA) is 67.2 Å². The van der Waals surface area contributed by atoms with Crippen LogP contribution in [-0.2, 0) is 0 Å². The number of benzene rings is 3. The summed E-state index contributed by atoms with van der Waals surface area (Å²) in [4.78, 5) is 18.0. The molecule has 5 nitrogen and oxygen atoms in total. The van der Waals surface area contributed by atoms with E-state index >= 15 is 0 Å². The molecule has 0 spiro atoms. The summed E-state index contributed by atoms with van der Waals surface area (Å²) >= 11 is 19.2. The molecular weight excluding hydrogens is 533 g/mol. The van der Waals surface area contributed by atoms with Crippen molar-refractivity contribution in [1.29, 1.82) is 0 Å². The van der Waals surface area contributed by atoms with E-state index < -0.39 is 0 Å². The van der Waals surface area contributed by atoms with Crippen LogP contribution >= 0.6 is 46.8 Å². The van der Waals surface area contributed by atoms with Gasteiger partial charge in [-0.3, -0.25) is 10.1 Å². The number of rotatable bonds is 4. The van der Waals surface area contributed by atoms with Crippen LogP contribution in [0.2, 0.25) is 10.0 Å². The van der Waals surface area contributed by atoms with Crippen molar-refractivity contribution < 1.29 is 9.21 Å². The van der Waals surface area contributed by atoms with Gasteiger partial charge in [0.15, 0.2) is 10.7 Å². The van der Waals surface area contributed by atoms with Crippen molar-refractivity contribution in [3.8, 4) is 11.5 Å². The molecular formula is C27H21Cl2N3O2S2. The molecule has 0 aliphatic carbocycles. The standard InChI is InChI=1S/C27H21Cl2N3O2S2/c1-13(2)15-6-9-21-20(10-15)30-26(34-21)16-5-4-14(3)19(11-16)31-27(35)32-25(33)24-23(29)18-8-7-17(28)12-22(18)36-24/h4-13H,1-3H3,(H2,31,32,33,35). The maximum absolute atomic E-state index is 12.9. The molecule has 0 saturated carbocycles. The molecule has 0 bridgehead atoms. The van der Waals surface area contributed by atoms with Crippen molar-refractivity contribution in [3.05, 3.63) is 80.6 Å². The Hall–Kier alpha value is -2.97. The number of aromatic nitrogens is 1. The Morgan fingerprint density at radius 2 is 1.89 bits per heavy atom. The zero-order valence-electron chi connectivity index (χ0n) is 19.6. The lowest BCUT2D eigenvalue weighted by atomic mass is 10.0. The van der Waals surface area contributed by atoms with Crippen molar-refractivity contribution in [3.63, 3.8) is 0 Å². The van der Waals surface area contributed by atoms with Gasteiger partial charge in [-0.15, -0.1) is 11.3 Å². The van der Waals surface area contributed by atoms with Gasteiger partial charge in [-0.05, 0) is 72.6 Å². The summed E-state index contributed by atoms with van der Waals surface area (Å²) in [6, 6.07) is 17.2. The number of halogens is 2. The first-order chi connectivity index (χ1) is 17.2. The summed E-state index contributed by atoms with van der Waals surface area (Å²) in [5, 5.41) is 7.73. The second kappa shape index (κ2) is 9.82. The lowest BCUT2D eigenvalue weighted by molar-refractivity contribution is 0.0982. The maximum atomic E-state index is 12.9. The number of thiocarbonyl (C=S) groups is 1. The molecule has 9 heteroatoms. The third kappa shape index (κ3) is 4.84. The van der Waals surface area contributed by atoms with Crippen LogP contribution in [0.5, 0.6) is 0 Å². The first-order valence-corrected chi connectivity index (χ1v) is 13.2. The molecule has 182 valence electrons. The molecule has 0 radical (unpaired) electrons. The van der Waals surface area contributed by atoms with Crippen molar-refractivity contribution in [2.24, 2.45) is 0 Å². The van der Waals surface area contributed by atoms with Crippen molar-refractivity contribution in [2.45, 2.75) is 26.7 Å². The first-order valence-electron chi connectivity index (χ1n) is 11.2. The van der Waals surface area contributed by atoms with Crippen LogP contribution in [0.1, 0.15) is 40.6 Å². The Morgan fingerprint density at radius 1 is 1.08 bits per heavy atom. The van der Waals surface area contributed by atoms with Crippen LogP contribution in [0.3, 0.4) is 0 Å². The van der Waals surface area contributed by atoms with Crippen LogP contribution in [0.15, 0.2) is 59.0 Å². The zero-order chi connectivity index (χ0) is 25.6. The molecule has 2 heterocycles. The van der Waals surface area contributed by atoms with Crippen molar-refractivity contribution in [1.82, 2.24) is 10.3 Å². The third-order valence-electron chi connectivity index (χ3n) is 5.84. The molecule has 5 rings (SSSR count). The molecule has 5 aromatic rings. The van der Waals surface area contributed by atoms with Crippen LogP contribution in [0.25, 0.3) is 32.6 Å². The lowest BCUT2D eigenvalue weighted by Crippen LogP contribution is -2.34. The van der Waals surface area contributed by atoms with Gasteiger partial charge in [-0.1, -0.05) is 55.2 Å². The molecule has 0 aliphatic rings. The van der Waals surface area contributed by atoms with Gasteiger partial charge in [0.25, 0.3) is 5.91 Å². The predicted octanol–water partition coefficient (Wildman–Crippen LogP) is 8.57. The van der Waals surface area contributed by atoms with E-state index in [2.05, 4.69) is 41.6 Å². The number of hydrogen-bond acceptors (Lipinski definition) is 5. The summed E-state index contributed by atoms with van der Waals surface area (Å²) in [6.07, 6.45) is 0. The number of oxazole rings is 1. The Bertz CT molecular complexity index is 1660. The molecule has 0 saturated heterocycles. The van der Waals surface area contributed by atoms with Gasteiger partial charge in [-0.2, -0.15) is 0 Å². The summed E-state index contributed by atoms with van der Waals surface area (Å²) in [7, 11) is 0. The highest BCUT2D eigenvalue weighted by molar-refractivity contribution is 7.80. The van der Waals surface area contributed by atoms with Gasteiger partial charge >= 0.3 is 0 Å². The normalized spacial score (nSPS) is 11.4. The SMILES string of the molecule is Cc1ccc(-c2nc3cc(C(C)C)ccc3o2)cc1NC(=S)NC(=O)c1sc2cc(Cl)ccc2c1Cl. The van der Waals surface area contributed by atoms with E-state index in [0.29, 0.717) is 26.7 Å². The lowest BCUT2D eigenvalue weighted by Gasteiger charge is -2.12. The molecule has 1 amide bonds. The number of hydrogen-bond donors (Lipinski definition) is 2. The minimum absolute atomic E-state index is 0.158. The van der Waals surface area contributed by atoms with E-state index in [1.54, 1.807) is 18.2 Å². The minimum atomic E-state index is -0.386. The summed E-state index contributed by atoms with van der Waals surface area (Å²) < 4.78 is 6.83. The predicted molar refractivity (Wildman–Crippen MR) is 154 cm³/mol. The average Bonchev–Trinajstić information content (AvgIpc) is 3.40. The summed E-state index contributed by atoms with van der Waals surface area (Å²) in [5.41, 5.74) is 5.23. The average molecular weight is 555 g/mol. The number of anilines is 1. The Balaban J connectivity index is 1.36. The number of carbonyl (C=O) groups excluding carboxylic acids is 1. The fourth-order valence-corrected chi connectivity index (χ4v) is 5.71. The van der Waals surface area contributed by atoms with Crippen LogP contribution in [0.4, 0.5) is 5.69 Å². The molecule has 0 atom stereocenters. The fraction of sp³-hybridized carbons (Fsp3) is 0.148. The summed E-state index contributed by atoms with van der Waals surface area (Å²) in [5.74, 6) is 0.532. The van der Waals surface area contributed by atoms with E-state index in [1.165, 1.54) is 16.9 Å². The van der Waals surface area contributed by atoms with Gasteiger partial charge in [-0.25, -0.2) is 4.98 Å². The molecule has 2 N–H and O–H groups in total. The Labute approximate surface area is 227 Å². The van der Waals surface area contributed by atoms with Crippen LogP contribution in [0, 0.1) is 6.92 Å². The monoisotopic (exact) mass is 553 g/mol. The minimum Gasteiger partial charge on any atom is -0.436 e. The van der Waals surface area contributed by atoms with E-state index in [0.717, 1.165) is 38.0 Å². The van der Waals surface area contributed by atoms with E-state index in [4.69, 9.17) is 39.8 Å². The highest BCUT2D eigenvalue weighted by Gasteiger charge is 2.19. The van der Waals surface area contributed by atoms with Crippen molar-refractivity contribution in [2.75, 3.05) is 5.32 Å². The van der Waals surface area contributed by atoms with Gasteiger partial charge in [0.2, 0.25) is 5.89 Å². The van der Waals surface area contributed by atoms with Crippen molar-refractivity contribution >= 4 is 84.6 Å². The van der Waals surface area contributed by atoms with E-state index in [9.17, 15) is 4.79 Å². The van der Waals surface area contributed by atoms with Gasteiger partial charge in [0.1, 0.15) is 10.4 Å². The fourth-order valence-electron chi connectivity index (χ4n) is 3.82. The number of nitrogens with zero attached hydrogens (tertiary/aromatic N) is 1. The van der Waals surface area contributed by atoms with E-state index in [-0.39, 0.29) is 11.0 Å². The molecule has 3 aromatic carbocycles. The maximum Gasteiger partial charge on any atom is 0.269 e. The molecule has 2 aromatic heterocycles. The number of thiophene rings is 1. The Morgan fingerprint density at radius 3 is 2.67 bits per heavy atom. The van der Waals surface area contributed by atoms with Gasteiger partial charge in [0, 0.05) is 26.4 Å². The van der Waals surface area contributed by atoms with Gasteiger partial charge in [0.05, 0.1) is 5.02 Å². The highest BCUT2D eigenvalue weighted by Crippen LogP contribution is 2.36. The smallest absolute Gasteiger partial charge is 0.269 e. The zero-order valence-corrected chi connectivity index (χ0v) is 22.8. The molecule has 0 aliphatic heterocycles. The third-order valence-corrected chi connectivity index (χ3v) is 7.93. The Kier molecular flexibility index (Phi) is 6.74.